The maximum Gasteiger partial charge on any atom is 0.254 e. The zero-order valence-electron chi connectivity index (χ0n) is 20.6. The molecule has 1 fully saturated rings. The van der Waals surface area contributed by atoms with Crippen LogP contribution in [-0.4, -0.2) is 84.8 Å². The molecule has 1 aliphatic heterocycles. The Kier molecular flexibility index (Phi) is 9.33. The van der Waals surface area contributed by atoms with E-state index in [0.717, 1.165) is 24.3 Å². The number of benzene rings is 2. The molecule has 0 N–H and O–H groups in total. The van der Waals surface area contributed by atoms with Crippen molar-refractivity contribution < 1.29 is 14.3 Å². The average molecular weight is 542 g/mol. The maximum atomic E-state index is 13.2. The first kappa shape index (κ1) is 26.9. The molecule has 1 aliphatic rings. The van der Waals surface area contributed by atoms with Gasteiger partial charge in [-0.1, -0.05) is 41.4 Å². The molecule has 1 aromatic heterocycles. The van der Waals surface area contributed by atoms with Crippen LogP contribution in [0.4, 0.5) is 5.82 Å². The van der Waals surface area contributed by atoms with Crippen molar-refractivity contribution in [3.63, 3.8) is 0 Å². The maximum absolute atomic E-state index is 13.2. The smallest absolute Gasteiger partial charge is 0.254 e. The largest absolute Gasteiger partial charge is 0.383 e. The van der Waals surface area contributed by atoms with Gasteiger partial charge in [0.25, 0.3) is 5.91 Å². The van der Waals surface area contributed by atoms with E-state index in [1.807, 2.05) is 36.4 Å². The average Bonchev–Trinajstić information content (AvgIpc) is 3.18. The van der Waals surface area contributed by atoms with Gasteiger partial charge in [0.15, 0.2) is 5.82 Å². The van der Waals surface area contributed by atoms with Crippen LogP contribution < -0.4 is 4.90 Å². The second-order valence-electron chi connectivity index (χ2n) is 8.70. The van der Waals surface area contributed by atoms with Crippen molar-refractivity contribution in [2.45, 2.75) is 6.42 Å². The van der Waals surface area contributed by atoms with Crippen LogP contribution in [0.3, 0.4) is 0 Å². The summed E-state index contributed by atoms with van der Waals surface area (Å²) < 4.78 is 5.16. The summed E-state index contributed by atoms with van der Waals surface area (Å²) in [5, 5.41) is 9.96. The lowest BCUT2D eigenvalue weighted by Gasteiger charge is -2.27. The summed E-state index contributed by atoms with van der Waals surface area (Å²) in [5.41, 5.74) is 2.03. The zero-order valence-corrected chi connectivity index (χ0v) is 22.2. The second-order valence-corrected chi connectivity index (χ2v) is 9.55. The SMILES string of the molecule is COCCN(CC(=O)N1CCCN(c2ccc(-c3ccccc3Cl)nn2)CC1)C(=O)c1ccc(Cl)cc1. The Morgan fingerprint density at radius 2 is 1.73 bits per heavy atom. The highest BCUT2D eigenvalue weighted by Crippen LogP contribution is 2.26. The van der Waals surface area contributed by atoms with E-state index in [1.54, 1.807) is 36.3 Å². The van der Waals surface area contributed by atoms with Crippen LogP contribution in [0.5, 0.6) is 0 Å². The summed E-state index contributed by atoms with van der Waals surface area (Å²) in [5.74, 6) is 0.428. The molecule has 2 heterocycles. The molecule has 37 heavy (non-hydrogen) atoms. The molecule has 0 unspecified atom stereocenters. The zero-order chi connectivity index (χ0) is 26.2. The van der Waals surface area contributed by atoms with Gasteiger partial charge in [-0.3, -0.25) is 9.59 Å². The molecule has 0 radical (unpaired) electrons. The quantitative estimate of drug-likeness (QED) is 0.423. The molecular weight excluding hydrogens is 513 g/mol. The first-order chi connectivity index (χ1) is 18.0. The second kappa shape index (κ2) is 12.9. The highest BCUT2D eigenvalue weighted by molar-refractivity contribution is 6.33. The van der Waals surface area contributed by atoms with E-state index in [0.29, 0.717) is 54.1 Å². The topological polar surface area (TPSA) is 78.9 Å². The number of ether oxygens (including phenoxy) is 1. The molecule has 3 aromatic rings. The molecule has 8 nitrogen and oxygen atoms in total. The minimum atomic E-state index is -0.229. The Bertz CT molecular complexity index is 1210. The normalized spacial score (nSPS) is 13.8. The van der Waals surface area contributed by atoms with Crippen LogP contribution in [0.2, 0.25) is 10.0 Å². The minimum absolute atomic E-state index is 0.0167. The standard InChI is InChI=1S/C27H29Cl2N5O3/c1-37-18-17-34(27(36)20-7-9-21(28)10-8-20)19-26(35)33-14-4-13-32(15-16-33)25-12-11-24(30-31-25)22-5-2-3-6-23(22)29/h2-3,5-12H,4,13-19H2,1H3. The lowest BCUT2D eigenvalue weighted by Crippen LogP contribution is -2.45. The number of carbonyl (C=O) groups is 2. The van der Waals surface area contributed by atoms with Gasteiger partial charge in [-0.25, -0.2) is 0 Å². The Hall–Kier alpha value is -3.20. The number of anilines is 1. The van der Waals surface area contributed by atoms with Crippen LogP contribution in [-0.2, 0) is 9.53 Å². The molecule has 0 aliphatic carbocycles. The molecule has 194 valence electrons. The number of hydrogen-bond acceptors (Lipinski definition) is 6. The van der Waals surface area contributed by atoms with E-state index >= 15 is 0 Å². The molecular formula is C27H29Cl2N5O3. The van der Waals surface area contributed by atoms with Crippen LogP contribution in [0.1, 0.15) is 16.8 Å². The lowest BCUT2D eigenvalue weighted by atomic mass is 10.1. The third kappa shape index (κ3) is 6.97. The predicted molar refractivity (Wildman–Crippen MR) is 145 cm³/mol. The van der Waals surface area contributed by atoms with Gasteiger partial charge in [0, 0.05) is 56.0 Å². The minimum Gasteiger partial charge on any atom is -0.383 e. The molecule has 0 bridgehead atoms. The van der Waals surface area contributed by atoms with Crippen LogP contribution in [0, 0.1) is 0 Å². The van der Waals surface area contributed by atoms with Gasteiger partial charge in [0.1, 0.15) is 6.54 Å². The van der Waals surface area contributed by atoms with Crippen LogP contribution in [0.25, 0.3) is 11.3 Å². The van der Waals surface area contributed by atoms with Crippen molar-refractivity contribution in [1.29, 1.82) is 0 Å². The summed E-state index contributed by atoms with van der Waals surface area (Å²) >= 11 is 12.2. The Morgan fingerprint density at radius 3 is 2.43 bits per heavy atom. The Balaban J connectivity index is 1.38. The van der Waals surface area contributed by atoms with E-state index < -0.39 is 0 Å². The molecule has 0 saturated carbocycles. The molecule has 2 amide bonds. The van der Waals surface area contributed by atoms with Crippen molar-refractivity contribution in [3.05, 3.63) is 76.3 Å². The van der Waals surface area contributed by atoms with Gasteiger partial charge >= 0.3 is 0 Å². The van der Waals surface area contributed by atoms with Gasteiger partial charge in [0.05, 0.1) is 17.3 Å². The fourth-order valence-corrected chi connectivity index (χ4v) is 4.55. The number of aromatic nitrogens is 2. The van der Waals surface area contributed by atoms with E-state index in [2.05, 4.69) is 15.1 Å². The number of halogens is 2. The molecule has 4 rings (SSSR count). The lowest BCUT2D eigenvalue weighted by molar-refractivity contribution is -0.131. The summed E-state index contributed by atoms with van der Waals surface area (Å²) in [6, 6.07) is 18.0. The highest BCUT2D eigenvalue weighted by atomic mass is 35.5. The van der Waals surface area contributed by atoms with Gasteiger partial charge in [0.2, 0.25) is 5.91 Å². The molecule has 0 spiro atoms. The van der Waals surface area contributed by atoms with Crippen molar-refractivity contribution in [2.75, 3.05) is 57.9 Å². The van der Waals surface area contributed by atoms with Gasteiger partial charge in [-0.05, 0) is 48.9 Å². The van der Waals surface area contributed by atoms with E-state index in [4.69, 9.17) is 27.9 Å². The predicted octanol–water partition coefficient (Wildman–Crippen LogP) is 4.28. The van der Waals surface area contributed by atoms with Crippen molar-refractivity contribution in [1.82, 2.24) is 20.0 Å². The summed E-state index contributed by atoms with van der Waals surface area (Å²) in [6.07, 6.45) is 0.781. The van der Waals surface area contributed by atoms with Crippen molar-refractivity contribution in [3.8, 4) is 11.3 Å². The third-order valence-electron chi connectivity index (χ3n) is 6.24. The number of nitrogens with zero attached hydrogens (tertiary/aromatic N) is 5. The van der Waals surface area contributed by atoms with Crippen LogP contribution >= 0.6 is 23.2 Å². The van der Waals surface area contributed by atoms with Gasteiger partial charge < -0.3 is 19.4 Å². The van der Waals surface area contributed by atoms with Crippen molar-refractivity contribution in [2.24, 2.45) is 0 Å². The third-order valence-corrected chi connectivity index (χ3v) is 6.82. The number of carbonyl (C=O) groups excluding carboxylic acids is 2. The highest BCUT2D eigenvalue weighted by Gasteiger charge is 2.25. The monoisotopic (exact) mass is 541 g/mol. The van der Waals surface area contributed by atoms with Gasteiger partial charge in [-0.2, -0.15) is 0 Å². The fourth-order valence-electron chi connectivity index (χ4n) is 4.19. The first-order valence-electron chi connectivity index (χ1n) is 12.1. The Morgan fingerprint density at radius 1 is 0.946 bits per heavy atom. The van der Waals surface area contributed by atoms with Crippen LogP contribution in [0.15, 0.2) is 60.7 Å². The number of rotatable bonds is 8. The van der Waals surface area contributed by atoms with E-state index in [9.17, 15) is 9.59 Å². The fraction of sp³-hybridized carbons (Fsp3) is 0.333. The Labute approximate surface area is 226 Å². The van der Waals surface area contributed by atoms with E-state index in [1.165, 1.54) is 4.90 Å². The molecule has 10 heteroatoms. The number of methoxy groups -OCH3 is 1. The van der Waals surface area contributed by atoms with Gasteiger partial charge in [-0.15, -0.1) is 10.2 Å². The summed E-state index contributed by atoms with van der Waals surface area (Å²) in [4.78, 5) is 31.7. The first-order valence-corrected chi connectivity index (χ1v) is 12.9. The number of amides is 2. The molecule has 2 aromatic carbocycles. The van der Waals surface area contributed by atoms with E-state index in [-0.39, 0.29) is 18.4 Å². The summed E-state index contributed by atoms with van der Waals surface area (Å²) in [7, 11) is 1.57. The number of hydrogen-bond donors (Lipinski definition) is 0. The summed E-state index contributed by atoms with van der Waals surface area (Å²) in [6.45, 7) is 3.14. The van der Waals surface area contributed by atoms with Crippen molar-refractivity contribution >= 4 is 40.8 Å². The molecule has 1 saturated heterocycles. The molecule has 0 atom stereocenters.